The topological polar surface area (TPSA) is 109 Å². The van der Waals surface area contributed by atoms with Gasteiger partial charge in [0.25, 0.3) is 5.56 Å². The van der Waals surface area contributed by atoms with Crippen LogP contribution < -0.4 is 21.3 Å². The first-order chi connectivity index (χ1) is 15.9. The van der Waals surface area contributed by atoms with Crippen LogP contribution in [-0.4, -0.2) is 35.1 Å². The molecule has 0 spiro atoms. The van der Waals surface area contributed by atoms with Gasteiger partial charge in [-0.1, -0.05) is 42.5 Å². The standard InChI is InChI=1S/C24H21N3O6/c1-32-17-10-8-15(9-11-17)12-18-21(29)20-22(25-18)26(13-16-6-4-3-5-7-16)24(31)27(23(20)30)14-19(28)33-2/h3-12,25H,13-14H2,1-2H3/b18-12-. The molecule has 0 fully saturated rings. The number of nitrogens with zero attached hydrogens (tertiary/aromatic N) is 2. The van der Waals surface area contributed by atoms with Crippen LogP contribution in [0.2, 0.25) is 0 Å². The molecule has 0 unspecified atom stereocenters. The maximum absolute atomic E-state index is 13.2. The molecule has 0 bridgehead atoms. The van der Waals surface area contributed by atoms with Crippen LogP contribution in [0.4, 0.5) is 5.82 Å². The van der Waals surface area contributed by atoms with Crippen molar-refractivity contribution >= 4 is 23.6 Å². The molecule has 1 N–H and O–H groups in total. The SMILES string of the molecule is COC(=O)Cn1c(=O)c2c(n(Cc3ccccc3)c1=O)N/C(=C\c1ccc(OC)cc1)C2=O. The molecule has 0 radical (unpaired) electrons. The Labute approximate surface area is 188 Å². The first-order valence-electron chi connectivity index (χ1n) is 10.1. The summed E-state index contributed by atoms with van der Waals surface area (Å²) >= 11 is 0. The minimum Gasteiger partial charge on any atom is -0.497 e. The zero-order chi connectivity index (χ0) is 23.5. The van der Waals surface area contributed by atoms with Gasteiger partial charge in [-0.2, -0.15) is 0 Å². The minimum atomic E-state index is -0.847. The summed E-state index contributed by atoms with van der Waals surface area (Å²) < 4.78 is 11.8. The number of carbonyl (C=O) groups is 2. The molecular formula is C24H21N3O6. The Kier molecular flexibility index (Phi) is 5.95. The minimum absolute atomic E-state index is 0.0968. The summed E-state index contributed by atoms with van der Waals surface area (Å²) in [6, 6.07) is 16.1. The number of carbonyl (C=O) groups excluding carboxylic acids is 2. The number of fused-ring (bicyclic) bond motifs is 1. The predicted octanol–water partition coefficient (Wildman–Crippen LogP) is 1.89. The van der Waals surface area contributed by atoms with Crippen LogP contribution in [0.25, 0.3) is 6.08 Å². The predicted molar refractivity (Wildman–Crippen MR) is 121 cm³/mol. The number of rotatable bonds is 6. The van der Waals surface area contributed by atoms with Gasteiger partial charge in [0, 0.05) is 0 Å². The first-order valence-corrected chi connectivity index (χ1v) is 10.1. The fourth-order valence-corrected chi connectivity index (χ4v) is 3.57. The molecule has 9 heteroatoms. The highest BCUT2D eigenvalue weighted by molar-refractivity contribution is 6.19. The Morgan fingerprint density at radius 2 is 1.67 bits per heavy atom. The second-order valence-corrected chi connectivity index (χ2v) is 7.33. The lowest BCUT2D eigenvalue weighted by Crippen LogP contribution is -2.44. The molecule has 33 heavy (non-hydrogen) atoms. The summed E-state index contributed by atoms with van der Waals surface area (Å²) in [5, 5.41) is 2.94. The lowest BCUT2D eigenvalue weighted by molar-refractivity contribution is -0.141. The fraction of sp³-hybridized carbons (Fsp3) is 0.167. The Hall–Kier alpha value is -4.40. The number of ketones is 1. The number of allylic oxidation sites excluding steroid dienone is 1. The highest BCUT2D eigenvalue weighted by Crippen LogP contribution is 2.27. The number of ether oxygens (including phenoxy) is 2. The van der Waals surface area contributed by atoms with E-state index in [1.54, 1.807) is 37.5 Å². The van der Waals surface area contributed by atoms with Gasteiger partial charge >= 0.3 is 11.7 Å². The molecule has 0 saturated heterocycles. The third kappa shape index (κ3) is 4.20. The maximum atomic E-state index is 13.2. The highest BCUT2D eigenvalue weighted by Gasteiger charge is 2.33. The van der Waals surface area contributed by atoms with E-state index in [4.69, 9.17) is 4.74 Å². The van der Waals surface area contributed by atoms with Gasteiger partial charge in [-0.25, -0.2) is 9.36 Å². The highest BCUT2D eigenvalue weighted by atomic mass is 16.5. The normalized spacial score (nSPS) is 13.5. The Morgan fingerprint density at radius 1 is 0.970 bits per heavy atom. The van der Waals surface area contributed by atoms with Crippen LogP contribution in [0.15, 0.2) is 69.9 Å². The van der Waals surface area contributed by atoms with Crippen LogP contribution in [0.1, 0.15) is 21.5 Å². The van der Waals surface area contributed by atoms with Gasteiger partial charge in [0.2, 0.25) is 5.78 Å². The number of methoxy groups -OCH3 is 2. The van der Waals surface area contributed by atoms with Crippen molar-refractivity contribution in [1.82, 2.24) is 9.13 Å². The van der Waals surface area contributed by atoms with Gasteiger partial charge in [0.1, 0.15) is 23.7 Å². The van der Waals surface area contributed by atoms with E-state index in [0.717, 1.165) is 17.2 Å². The summed E-state index contributed by atoms with van der Waals surface area (Å²) in [7, 11) is 2.71. The molecule has 0 saturated carbocycles. The van der Waals surface area contributed by atoms with E-state index < -0.39 is 29.5 Å². The van der Waals surface area contributed by atoms with Gasteiger partial charge in [-0.05, 0) is 29.3 Å². The van der Waals surface area contributed by atoms with Crippen LogP contribution >= 0.6 is 0 Å². The van der Waals surface area contributed by atoms with Crippen molar-refractivity contribution in [3.63, 3.8) is 0 Å². The molecule has 0 atom stereocenters. The molecule has 4 rings (SSSR count). The van der Waals surface area contributed by atoms with E-state index >= 15 is 0 Å². The number of esters is 1. The third-order valence-electron chi connectivity index (χ3n) is 5.28. The van der Waals surface area contributed by atoms with Crippen LogP contribution in [-0.2, 0) is 22.6 Å². The molecule has 9 nitrogen and oxygen atoms in total. The molecular weight excluding hydrogens is 426 g/mol. The van der Waals surface area contributed by atoms with Gasteiger partial charge in [0.15, 0.2) is 0 Å². The molecule has 2 heterocycles. The van der Waals surface area contributed by atoms with Gasteiger partial charge < -0.3 is 14.8 Å². The maximum Gasteiger partial charge on any atom is 0.333 e. The molecule has 1 aliphatic heterocycles. The summed E-state index contributed by atoms with van der Waals surface area (Å²) in [5.74, 6) is -0.577. The quantitative estimate of drug-likeness (QED) is 0.454. The van der Waals surface area contributed by atoms with E-state index in [2.05, 4.69) is 10.1 Å². The van der Waals surface area contributed by atoms with Crippen molar-refractivity contribution in [1.29, 1.82) is 0 Å². The van der Waals surface area contributed by atoms with E-state index in [0.29, 0.717) is 11.3 Å². The van der Waals surface area contributed by atoms with E-state index in [1.807, 2.05) is 30.3 Å². The lowest BCUT2D eigenvalue weighted by atomic mass is 10.1. The number of nitrogens with one attached hydrogen (secondary N) is 1. The molecule has 0 amide bonds. The second-order valence-electron chi connectivity index (χ2n) is 7.33. The Morgan fingerprint density at radius 3 is 2.30 bits per heavy atom. The van der Waals surface area contributed by atoms with Gasteiger partial charge in [0.05, 0.1) is 26.5 Å². The van der Waals surface area contributed by atoms with Gasteiger partial charge in [-0.3, -0.25) is 19.0 Å². The van der Waals surface area contributed by atoms with Crippen molar-refractivity contribution in [2.24, 2.45) is 0 Å². The number of hydrogen-bond acceptors (Lipinski definition) is 7. The molecule has 1 aliphatic rings. The summed E-state index contributed by atoms with van der Waals surface area (Å²) in [6.45, 7) is -0.499. The van der Waals surface area contributed by atoms with Crippen molar-refractivity contribution < 1.29 is 19.1 Å². The first kappa shape index (κ1) is 21.8. The molecule has 3 aromatic rings. The zero-order valence-corrected chi connectivity index (χ0v) is 18.0. The summed E-state index contributed by atoms with van der Waals surface area (Å²) in [5.41, 5.74) is -0.143. The number of hydrogen-bond donors (Lipinski definition) is 1. The lowest BCUT2D eigenvalue weighted by Gasteiger charge is -2.14. The summed E-state index contributed by atoms with van der Waals surface area (Å²) in [4.78, 5) is 51.3. The average molecular weight is 447 g/mol. The smallest absolute Gasteiger partial charge is 0.333 e. The van der Waals surface area contributed by atoms with Crippen molar-refractivity contribution in [3.8, 4) is 5.75 Å². The molecule has 2 aromatic carbocycles. The Balaban J connectivity index is 1.84. The molecule has 168 valence electrons. The second kappa shape index (κ2) is 8.99. The number of benzene rings is 2. The van der Waals surface area contributed by atoms with E-state index in [9.17, 15) is 19.2 Å². The fourth-order valence-electron chi connectivity index (χ4n) is 3.57. The number of Topliss-reactive ketones (excluding diaryl/α,β-unsaturated/α-hetero) is 1. The van der Waals surface area contributed by atoms with E-state index in [1.165, 1.54) is 4.57 Å². The van der Waals surface area contributed by atoms with E-state index in [-0.39, 0.29) is 23.6 Å². The number of aromatic nitrogens is 2. The third-order valence-corrected chi connectivity index (χ3v) is 5.28. The monoisotopic (exact) mass is 447 g/mol. The van der Waals surface area contributed by atoms with Gasteiger partial charge in [-0.15, -0.1) is 0 Å². The average Bonchev–Trinajstić information content (AvgIpc) is 3.16. The zero-order valence-electron chi connectivity index (χ0n) is 18.0. The number of anilines is 1. The summed E-state index contributed by atoms with van der Waals surface area (Å²) in [6.07, 6.45) is 1.59. The molecule has 1 aromatic heterocycles. The van der Waals surface area contributed by atoms with Crippen molar-refractivity contribution in [2.75, 3.05) is 19.5 Å². The van der Waals surface area contributed by atoms with Crippen LogP contribution in [0, 0.1) is 0 Å². The molecule has 0 aliphatic carbocycles. The Bertz CT molecular complexity index is 1370. The van der Waals surface area contributed by atoms with Crippen molar-refractivity contribution in [2.45, 2.75) is 13.1 Å². The van der Waals surface area contributed by atoms with Crippen molar-refractivity contribution in [3.05, 3.63) is 97.8 Å². The largest absolute Gasteiger partial charge is 0.497 e. The van der Waals surface area contributed by atoms with Crippen LogP contribution in [0.5, 0.6) is 5.75 Å². The van der Waals surface area contributed by atoms with Crippen LogP contribution in [0.3, 0.4) is 0 Å².